The van der Waals surface area contributed by atoms with Crippen molar-refractivity contribution >= 4 is 24.0 Å². The van der Waals surface area contributed by atoms with E-state index in [0.717, 1.165) is 6.08 Å². The third-order valence-electron chi connectivity index (χ3n) is 3.16. The zero-order valence-corrected chi connectivity index (χ0v) is 18.2. The van der Waals surface area contributed by atoms with E-state index >= 15 is 0 Å². The number of carbonyl (C=O) groups is 3. The quantitative estimate of drug-likeness (QED) is 0.257. The van der Waals surface area contributed by atoms with E-state index in [1.165, 1.54) is 44.4 Å². The van der Waals surface area contributed by atoms with Crippen LogP contribution in [0.1, 0.15) is 22.8 Å². The Hall–Kier alpha value is -1.97. The largest absolute Gasteiger partial charge is 1.00 e. The molecule has 0 bridgehead atoms. The summed E-state index contributed by atoms with van der Waals surface area (Å²) in [6, 6.07) is 10.7. The SMILES string of the molecule is COc1cc(C=CC(=O)[O-])ccc1OC(=O)c1ccccc1OC(C)=O.[K+]. The molecule has 0 aliphatic rings. The van der Waals surface area contributed by atoms with Crippen molar-refractivity contribution in [1.82, 2.24) is 0 Å². The Bertz CT molecular complexity index is 874. The Morgan fingerprint density at radius 2 is 1.67 bits per heavy atom. The summed E-state index contributed by atoms with van der Waals surface area (Å²) >= 11 is 0. The molecule has 0 radical (unpaired) electrons. The number of carboxylic acid groups (broad SMARTS) is 1. The van der Waals surface area contributed by atoms with Crippen molar-refractivity contribution in [3.63, 3.8) is 0 Å². The van der Waals surface area contributed by atoms with Crippen LogP contribution in [0.2, 0.25) is 0 Å². The first kappa shape index (κ1) is 23.1. The van der Waals surface area contributed by atoms with Gasteiger partial charge in [-0.15, -0.1) is 0 Å². The average Bonchev–Trinajstić information content (AvgIpc) is 2.60. The van der Waals surface area contributed by atoms with Gasteiger partial charge in [-0.2, -0.15) is 0 Å². The summed E-state index contributed by atoms with van der Waals surface area (Å²) in [5.41, 5.74) is 0.594. The minimum absolute atomic E-state index is 0. The first-order valence-corrected chi connectivity index (χ1v) is 7.47. The van der Waals surface area contributed by atoms with Gasteiger partial charge >= 0.3 is 63.3 Å². The number of rotatable bonds is 6. The molecule has 0 saturated carbocycles. The summed E-state index contributed by atoms with van der Waals surface area (Å²) in [5, 5.41) is 10.5. The molecule has 0 aliphatic carbocycles. The maximum absolute atomic E-state index is 12.4. The van der Waals surface area contributed by atoms with Gasteiger partial charge in [0.15, 0.2) is 11.5 Å². The number of ether oxygens (including phenoxy) is 3. The fraction of sp³-hybridized carbons (Fsp3) is 0.105. The Morgan fingerprint density at radius 1 is 0.963 bits per heavy atom. The van der Waals surface area contributed by atoms with E-state index in [1.54, 1.807) is 18.2 Å². The molecule has 0 saturated heterocycles. The molecule has 7 nitrogen and oxygen atoms in total. The van der Waals surface area contributed by atoms with Gasteiger partial charge in [0.1, 0.15) is 11.3 Å². The van der Waals surface area contributed by atoms with Crippen molar-refractivity contribution in [1.29, 1.82) is 0 Å². The maximum Gasteiger partial charge on any atom is 1.00 e. The van der Waals surface area contributed by atoms with Gasteiger partial charge in [0.05, 0.1) is 13.1 Å². The van der Waals surface area contributed by atoms with E-state index in [0.29, 0.717) is 5.56 Å². The number of hydrogen-bond donors (Lipinski definition) is 0. The molecule has 0 N–H and O–H groups in total. The van der Waals surface area contributed by atoms with E-state index < -0.39 is 17.9 Å². The van der Waals surface area contributed by atoms with E-state index in [2.05, 4.69) is 0 Å². The minimum atomic E-state index is -1.33. The van der Waals surface area contributed by atoms with Crippen LogP contribution in [0.4, 0.5) is 0 Å². The molecule has 8 heteroatoms. The Balaban J connectivity index is 0.00000364. The van der Waals surface area contributed by atoms with Crippen LogP contribution in [-0.2, 0) is 9.59 Å². The first-order valence-electron chi connectivity index (χ1n) is 7.47. The minimum Gasteiger partial charge on any atom is -0.545 e. The topological polar surface area (TPSA) is 102 Å². The van der Waals surface area contributed by atoms with Gasteiger partial charge in [0.25, 0.3) is 0 Å². The Morgan fingerprint density at radius 3 is 2.30 bits per heavy atom. The number of para-hydroxylation sites is 1. The van der Waals surface area contributed by atoms with Crippen LogP contribution in [0.15, 0.2) is 48.5 Å². The average molecular weight is 394 g/mol. The number of methoxy groups -OCH3 is 1. The van der Waals surface area contributed by atoms with Gasteiger partial charge in [-0.25, -0.2) is 4.79 Å². The standard InChI is InChI=1S/C19H16O7.K/c1-12(20)25-15-6-4-3-5-14(15)19(23)26-16-9-7-13(8-10-18(21)22)11-17(16)24-2;/h3-11H,1-2H3,(H,21,22);/q;+1/p-1. The first-order chi connectivity index (χ1) is 12.4. The van der Waals surface area contributed by atoms with Gasteiger partial charge in [0, 0.05) is 6.92 Å². The van der Waals surface area contributed by atoms with Crippen molar-refractivity contribution in [2.45, 2.75) is 6.92 Å². The molecule has 0 heterocycles. The summed E-state index contributed by atoms with van der Waals surface area (Å²) in [4.78, 5) is 34.0. The van der Waals surface area contributed by atoms with Crippen LogP contribution < -0.4 is 70.7 Å². The fourth-order valence-corrected chi connectivity index (χ4v) is 2.07. The van der Waals surface area contributed by atoms with Crippen molar-refractivity contribution < 1.29 is 85.1 Å². The summed E-state index contributed by atoms with van der Waals surface area (Å²) in [6.45, 7) is 1.23. The summed E-state index contributed by atoms with van der Waals surface area (Å²) in [5.74, 6) is -2.20. The predicted molar refractivity (Wildman–Crippen MR) is 89.7 cm³/mol. The number of carboxylic acids is 1. The smallest absolute Gasteiger partial charge is 0.545 e. The van der Waals surface area contributed by atoms with Crippen LogP contribution in [0.5, 0.6) is 17.2 Å². The van der Waals surface area contributed by atoms with Crippen molar-refractivity contribution in [3.8, 4) is 17.2 Å². The molecule has 0 spiro atoms. The number of esters is 2. The Kier molecular flexibility index (Phi) is 9.40. The molecular weight excluding hydrogens is 379 g/mol. The Labute approximate surface area is 198 Å². The molecule has 134 valence electrons. The molecule has 0 amide bonds. The molecule has 0 atom stereocenters. The van der Waals surface area contributed by atoms with Gasteiger partial charge in [0.2, 0.25) is 0 Å². The number of carbonyl (C=O) groups excluding carboxylic acids is 3. The van der Waals surface area contributed by atoms with Crippen LogP contribution in [0, 0.1) is 0 Å². The van der Waals surface area contributed by atoms with Gasteiger partial charge in [-0.05, 0) is 35.9 Å². The molecule has 0 unspecified atom stereocenters. The molecular formula is C19H15KO7. The summed E-state index contributed by atoms with van der Waals surface area (Å²) in [6.07, 6.45) is 2.19. The van der Waals surface area contributed by atoms with E-state index in [4.69, 9.17) is 14.2 Å². The zero-order valence-electron chi connectivity index (χ0n) is 15.1. The summed E-state index contributed by atoms with van der Waals surface area (Å²) < 4.78 is 15.5. The predicted octanol–water partition coefficient (Wildman–Crippen LogP) is -1.39. The van der Waals surface area contributed by atoms with Crippen LogP contribution in [0.3, 0.4) is 0 Å². The molecule has 0 aromatic heterocycles. The van der Waals surface area contributed by atoms with Crippen molar-refractivity contribution in [2.24, 2.45) is 0 Å². The third kappa shape index (κ3) is 6.93. The van der Waals surface area contributed by atoms with Gasteiger partial charge < -0.3 is 24.1 Å². The second-order valence-corrected chi connectivity index (χ2v) is 5.04. The number of hydrogen-bond acceptors (Lipinski definition) is 7. The molecule has 2 rings (SSSR count). The summed E-state index contributed by atoms with van der Waals surface area (Å²) in [7, 11) is 1.38. The molecule has 0 fully saturated rings. The van der Waals surface area contributed by atoms with E-state index in [-0.39, 0.29) is 74.2 Å². The molecule has 27 heavy (non-hydrogen) atoms. The molecule has 2 aromatic carbocycles. The van der Waals surface area contributed by atoms with Crippen molar-refractivity contribution in [3.05, 3.63) is 59.7 Å². The zero-order chi connectivity index (χ0) is 19.1. The second-order valence-electron chi connectivity index (χ2n) is 5.04. The normalized spacial score (nSPS) is 10.0. The molecule has 2 aromatic rings. The third-order valence-corrected chi connectivity index (χ3v) is 3.16. The van der Waals surface area contributed by atoms with Gasteiger partial charge in [-0.1, -0.05) is 24.3 Å². The van der Waals surface area contributed by atoms with Crippen LogP contribution in [-0.4, -0.2) is 25.0 Å². The molecule has 0 aliphatic heterocycles. The van der Waals surface area contributed by atoms with Crippen molar-refractivity contribution in [2.75, 3.05) is 7.11 Å². The van der Waals surface area contributed by atoms with Crippen LogP contribution in [0.25, 0.3) is 6.08 Å². The fourth-order valence-electron chi connectivity index (χ4n) is 2.07. The number of benzene rings is 2. The van der Waals surface area contributed by atoms with Gasteiger partial charge in [-0.3, -0.25) is 4.79 Å². The maximum atomic E-state index is 12.4. The van der Waals surface area contributed by atoms with E-state index in [1.807, 2.05) is 0 Å². The second kappa shape index (κ2) is 11.0. The monoisotopic (exact) mass is 394 g/mol. The number of aliphatic carboxylic acids is 1. The van der Waals surface area contributed by atoms with E-state index in [9.17, 15) is 19.5 Å². The van der Waals surface area contributed by atoms with Crippen LogP contribution >= 0.6 is 0 Å².